The second kappa shape index (κ2) is 9.26. The van der Waals surface area contributed by atoms with E-state index in [1.54, 1.807) is 6.20 Å². The molecule has 0 bridgehead atoms. The molecule has 1 aromatic carbocycles. The van der Waals surface area contributed by atoms with Gasteiger partial charge >= 0.3 is 0 Å². The van der Waals surface area contributed by atoms with Gasteiger partial charge in [-0.2, -0.15) is 10.4 Å². The van der Waals surface area contributed by atoms with E-state index in [0.29, 0.717) is 12.1 Å². The van der Waals surface area contributed by atoms with Crippen LogP contribution in [-0.4, -0.2) is 28.8 Å². The standard InChI is InChI=1S/C17H22N6/c1-2-19-17(20-9-3-11-23-12-4-10-22-23)21-14-16-7-5-15(13-18)6-8-16/h4-8,10,12H,2-3,9,11,14H2,1H3,(H2,19,20,21). The number of nitrogens with one attached hydrogen (secondary N) is 2. The number of rotatable bonds is 7. The highest BCUT2D eigenvalue weighted by Gasteiger charge is 1.98. The largest absolute Gasteiger partial charge is 0.357 e. The number of hydrogen-bond acceptors (Lipinski definition) is 3. The Labute approximate surface area is 136 Å². The highest BCUT2D eigenvalue weighted by atomic mass is 15.3. The Bertz CT molecular complexity index is 637. The zero-order valence-corrected chi connectivity index (χ0v) is 13.4. The number of hydrogen-bond donors (Lipinski definition) is 2. The summed E-state index contributed by atoms with van der Waals surface area (Å²) in [6.07, 6.45) is 4.73. The first-order valence-electron chi connectivity index (χ1n) is 7.80. The smallest absolute Gasteiger partial charge is 0.191 e. The second-order valence-corrected chi connectivity index (χ2v) is 5.05. The minimum atomic E-state index is 0.584. The van der Waals surface area contributed by atoms with Crippen LogP contribution in [0.4, 0.5) is 0 Å². The van der Waals surface area contributed by atoms with Crippen molar-refractivity contribution in [1.29, 1.82) is 5.26 Å². The number of nitrogens with zero attached hydrogens (tertiary/aromatic N) is 4. The maximum Gasteiger partial charge on any atom is 0.191 e. The number of aliphatic imine (C=N–C) groups is 1. The summed E-state index contributed by atoms with van der Waals surface area (Å²) in [5.41, 5.74) is 1.75. The van der Waals surface area contributed by atoms with E-state index in [2.05, 4.69) is 26.8 Å². The predicted octanol–water partition coefficient (Wildman–Crippen LogP) is 1.90. The Morgan fingerprint density at radius 2 is 2.13 bits per heavy atom. The lowest BCUT2D eigenvalue weighted by Gasteiger charge is -2.11. The van der Waals surface area contributed by atoms with Crippen molar-refractivity contribution < 1.29 is 0 Å². The van der Waals surface area contributed by atoms with Crippen LogP contribution >= 0.6 is 0 Å². The molecule has 2 N–H and O–H groups in total. The summed E-state index contributed by atoms with van der Waals surface area (Å²) in [6, 6.07) is 11.5. The number of benzene rings is 1. The van der Waals surface area contributed by atoms with Crippen LogP contribution < -0.4 is 10.6 Å². The van der Waals surface area contributed by atoms with Crippen LogP contribution in [-0.2, 0) is 13.1 Å². The van der Waals surface area contributed by atoms with Gasteiger partial charge in [-0.3, -0.25) is 4.68 Å². The summed E-state index contributed by atoms with van der Waals surface area (Å²) in [6.45, 7) is 5.16. The first-order valence-corrected chi connectivity index (χ1v) is 7.80. The average molecular weight is 310 g/mol. The van der Waals surface area contributed by atoms with Crippen molar-refractivity contribution in [2.24, 2.45) is 4.99 Å². The maximum atomic E-state index is 8.80. The molecular weight excluding hydrogens is 288 g/mol. The predicted molar refractivity (Wildman–Crippen MR) is 90.8 cm³/mol. The minimum Gasteiger partial charge on any atom is -0.357 e. The van der Waals surface area contributed by atoms with Crippen LogP contribution in [0.15, 0.2) is 47.7 Å². The van der Waals surface area contributed by atoms with Gasteiger partial charge in [-0.15, -0.1) is 0 Å². The molecule has 0 saturated heterocycles. The topological polar surface area (TPSA) is 78.0 Å². The van der Waals surface area contributed by atoms with Crippen molar-refractivity contribution >= 4 is 5.96 Å². The van der Waals surface area contributed by atoms with Gasteiger partial charge in [-0.05, 0) is 37.1 Å². The minimum absolute atomic E-state index is 0.584. The van der Waals surface area contributed by atoms with Gasteiger partial charge in [0.1, 0.15) is 0 Å². The molecule has 0 spiro atoms. The van der Waals surface area contributed by atoms with Gasteiger partial charge in [-0.25, -0.2) is 4.99 Å². The lowest BCUT2D eigenvalue weighted by Crippen LogP contribution is -2.38. The Balaban J connectivity index is 1.80. The first-order chi connectivity index (χ1) is 11.3. The molecule has 1 aromatic heterocycles. The van der Waals surface area contributed by atoms with Crippen molar-refractivity contribution in [3.05, 3.63) is 53.9 Å². The quantitative estimate of drug-likeness (QED) is 0.465. The number of guanidine groups is 1. The molecule has 0 radical (unpaired) electrons. The molecule has 120 valence electrons. The van der Waals surface area contributed by atoms with Gasteiger partial charge in [0.25, 0.3) is 0 Å². The summed E-state index contributed by atoms with van der Waals surface area (Å²) in [5, 5.41) is 19.5. The normalized spacial score (nSPS) is 11.0. The Morgan fingerprint density at radius 1 is 1.30 bits per heavy atom. The number of aryl methyl sites for hydroxylation is 1. The van der Waals surface area contributed by atoms with E-state index >= 15 is 0 Å². The van der Waals surface area contributed by atoms with E-state index < -0.39 is 0 Å². The maximum absolute atomic E-state index is 8.80. The fourth-order valence-corrected chi connectivity index (χ4v) is 2.08. The number of nitriles is 1. The second-order valence-electron chi connectivity index (χ2n) is 5.05. The summed E-state index contributed by atoms with van der Waals surface area (Å²) in [5.74, 6) is 0.803. The number of aromatic nitrogens is 2. The fraction of sp³-hybridized carbons (Fsp3) is 0.353. The zero-order valence-electron chi connectivity index (χ0n) is 13.4. The van der Waals surface area contributed by atoms with Gasteiger partial charge in [0.2, 0.25) is 0 Å². The Hall–Kier alpha value is -2.81. The molecule has 0 aliphatic heterocycles. The highest BCUT2D eigenvalue weighted by molar-refractivity contribution is 5.79. The molecule has 0 aliphatic carbocycles. The van der Waals surface area contributed by atoms with Crippen LogP contribution in [0.1, 0.15) is 24.5 Å². The molecule has 0 fully saturated rings. The molecule has 0 amide bonds. The van der Waals surface area contributed by atoms with E-state index in [9.17, 15) is 0 Å². The van der Waals surface area contributed by atoms with Crippen LogP contribution in [0.3, 0.4) is 0 Å². The van der Waals surface area contributed by atoms with Gasteiger partial charge < -0.3 is 10.6 Å². The van der Waals surface area contributed by atoms with E-state index in [4.69, 9.17) is 5.26 Å². The molecule has 6 nitrogen and oxygen atoms in total. The lowest BCUT2D eigenvalue weighted by molar-refractivity contribution is 0.570. The van der Waals surface area contributed by atoms with Crippen molar-refractivity contribution in [3.8, 4) is 6.07 Å². The molecule has 0 saturated carbocycles. The SMILES string of the molecule is CCNC(=NCc1ccc(C#N)cc1)NCCCn1cccn1. The van der Waals surface area contributed by atoms with Gasteiger partial charge in [0, 0.05) is 32.0 Å². The molecule has 1 heterocycles. The molecule has 6 heteroatoms. The molecular formula is C17H22N6. The third-order valence-corrected chi connectivity index (χ3v) is 3.26. The lowest BCUT2D eigenvalue weighted by atomic mass is 10.1. The third-order valence-electron chi connectivity index (χ3n) is 3.26. The Morgan fingerprint density at radius 3 is 2.78 bits per heavy atom. The highest BCUT2D eigenvalue weighted by Crippen LogP contribution is 2.04. The van der Waals surface area contributed by atoms with Gasteiger partial charge in [-0.1, -0.05) is 12.1 Å². The third kappa shape index (κ3) is 5.83. The summed E-state index contributed by atoms with van der Waals surface area (Å²) >= 11 is 0. The van der Waals surface area contributed by atoms with Gasteiger partial charge in [0.05, 0.1) is 18.2 Å². The van der Waals surface area contributed by atoms with E-state index in [0.717, 1.165) is 37.6 Å². The van der Waals surface area contributed by atoms with E-state index in [1.807, 2.05) is 48.1 Å². The summed E-state index contributed by atoms with van der Waals surface area (Å²) in [7, 11) is 0. The van der Waals surface area contributed by atoms with Crippen LogP contribution in [0, 0.1) is 11.3 Å². The monoisotopic (exact) mass is 310 g/mol. The van der Waals surface area contributed by atoms with Crippen molar-refractivity contribution in [3.63, 3.8) is 0 Å². The van der Waals surface area contributed by atoms with Crippen LogP contribution in [0.25, 0.3) is 0 Å². The summed E-state index contributed by atoms with van der Waals surface area (Å²) in [4.78, 5) is 4.56. The average Bonchev–Trinajstić information content (AvgIpc) is 3.10. The molecule has 0 atom stereocenters. The molecule has 23 heavy (non-hydrogen) atoms. The summed E-state index contributed by atoms with van der Waals surface area (Å²) < 4.78 is 1.92. The van der Waals surface area contributed by atoms with E-state index in [-0.39, 0.29) is 0 Å². The van der Waals surface area contributed by atoms with Crippen molar-refractivity contribution in [2.75, 3.05) is 13.1 Å². The first kappa shape index (κ1) is 16.6. The Kier molecular flexibility index (Phi) is 6.66. The van der Waals surface area contributed by atoms with Crippen molar-refractivity contribution in [2.45, 2.75) is 26.4 Å². The van der Waals surface area contributed by atoms with Crippen LogP contribution in [0.5, 0.6) is 0 Å². The van der Waals surface area contributed by atoms with E-state index in [1.165, 1.54) is 0 Å². The van der Waals surface area contributed by atoms with Crippen molar-refractivity contribution in [1.82, 2.24) is 20.4 Å². The molecule has 2 aromatic rings. The van der Waals surface area contributed by atoms with Crippen LogP contribution in [0.2, 0.25) is 0 Å². The fourth-order valence-electron chi connectivity index (χ4n) is 2.08. The molecule has 2 rings (SSSR count). The van der Waals surface area contributed by atoms with Gasteiger partial charge in [0.15, 0.2) is 5.96 Å². The zero-order chi connectivity index (χ0) is 16.3. The molecule has 0 unspecified atom stereocenters. The molecule has 0 aliphatic rings.